The van der Waals surface area contributed by atoms with E-state index in [4.69, 9.17) is 15.5 Å². The third-order valence-corrected chi connectivity index (χ3v) is 4.11. The molecule has 0 atom stereocenters. The molecule has 2 heterocycles. The van der Waals surface area contributed by atoms with Crippen LogP contribution in [0.15, 0.2) is 24.3 Å². The van der Waals surface area contributed by atoms with Gasteiger partial charge in [0.1, 0.15) is 17.9 Å². The van der Waals surface area contributed by atoms with E-state index in [0.717, 1.165) is 40.7 Å². The van der Waals surface area contributed by atoms with E-state index >= 15 is 0 Å². The van der Waals surface area contributed by atoms with Gasteiger partial charge >= 0.3 is 0 Å². The van der Waals surface area contributed by atoms with Crippen LogP contribution in [0, 0.1) is 0 Å². The SMILES string of the molecule is CCCCCn1c(COCC)nc2c(N)nc3ccccc3c21. The van der Waals surface area contributed by atoms with Gasteiger partial charge in [0.05, 0.1) is 11.0 Å². The smallest absolute Gasteiger partial charge is 0.152 e. The Labute approximate surface area is 136 Å². The second-order valence-corrected chi connectivity index (χ2v) is 5.74. The van der Waals surface area contributed by atoms with Gasteiger partial charge in [-0.2, -0.15) is 0 Å². The average Bonchev–Trinajstić information content (AvgIpc) is 2.93. The Morgan fingerprint density at radius 2 is 1.96 bits per heavy atom. The highest BCUT2D eigenvalue weighted by molar-refractivity contribution is 6.06. The standard InChI is InChI=1S/C18H24N4O/c1-3-5-8-11-22-15(12-23-4-2)21-16-17(22)13-9-6-7-10-14(13)20-18(16)19/h6-7,9-10H,3-5,8,11-12H2,1-2H3,(H2,19,20). The molecular weight excluding hydrogens is 288 g/mol. The molecule has 0 saturated heterocycles. The maximum atomic E-state index is 6.16. The number of unbranched alkanes of at least 4 members (excludes halogenated alkanes) is 2. The van der Waals surface area contributed by atoms with Crippen LogP contribution < -0.4 is 5.73 Å². The summed E-state index contributed by atoms with van der Waals surface area (Å²) in [7, 11) is 0. The van der Waals surface area contributed by atoms with Crippen LogP contribution in [-0.2, 0) is 17.9 Å². The molecule has 0 saturated carbocycles. The molecule has 0 aliphatic heterocycles. The lowest BCUT2D eigenvalue weighted by Crippen LogP contribution is -2.06. The van der Waals surface area contributed by atoms with E-state index in [-0.39, 0.29) is 0 Å². The van der Waals surface area contributed by atoms with E-state index in [1.807, 2.05) is 25.1 Å². The molecule has 0 fully saturated rings. The maximum Gasteiger partial charge on any atom is 0.152 e. The number of hydrogen-bond acceptors (Lipinski definition) is 4. The van der Waals surface area contributed by atoms with Crippen molar-refractivity contribution in [1.82, 2.24) is 14.5 Å². The van der Waals surface area contributed by atoms with Crippen LogP contribution in [0.4, 0.5) is 5.82 Å². The van der Waals surface area contributed by atoms with Gasteiger partial charge in [-0.05, 0) is 19.4 Å². The highest BCUT2D eigenvalue weighted by Crippen LogP contribution is 2.29. The fraction of sp³-hybridized carbons (Fsp3) is 0.444. The van der Waals surface area contributed by atoms with Gasteiger partial charge < -0.3 is 15.0 Å². The minimum atomic E-state index is 0.491. The van der Waals surface area contributed by atoms with Crippen LogP contribution >= 0.6 is 0 Å². The topological polar surface area (TPSA) is 66.0 Å². The Morgan fingerprint density at radius 1 is 1.13 bits per heavy atom. The van der Waals surface area contributed by atoms with Crippen molar-refractivity contribution >= 4 is 27.8 Å². The molecule has 1 aromatic carbocycles. The first-order valence-electron chi connectivity index (χ1n) is 8.37. The lowest BCUT2D eigenvalue weighted by Gasteiger charge is -2.10. The summed E-state index contributed by atoms with van der Waals surface area (Å²) in [6, 6.07) is 8.11. The van der Waals surface area contributed by atoms with Crippen molar-refractivity contribution in [3.63, 3.8) is 0 Å². The molecule has 0 amide bonds. The summed E-state index contributed by atoms with van der Waals surface area (Å²) < 4.78 is 7.87. The molecule has 5 nitrogen and oxygen atoms in total. The van der Waals surface area contributed by atoms with Crippen molar-refractivity contribution in [2.75, 3.05) is 12.3 Å². The molecule has 23 heavy (non-hydrogen) atoms. The summed E-state index contributed by atoms with van der Waals surface area (Å²) in [6.07, 6.45) is 3.52. The van der Waals surface area contributed by atoms with Crippen LogP contribution in [0.2, 0.25) is 0 Å². The lowest BCUT2D eigenvalue weighted by molar-refractivity contribution is 0.126. The quantitative estimate of drug-likeness (QED) is 0.672. The van der Waals surface area contributed by atoms with Crippen molar-refractivity contribution in [3.05, 3.63) is 30.1 Å². The summed E-state index contributed by atoms with van der Waals surface area (Å²) in [5.41, 5.74) is 8.94. The monoisotopic (exact) mass is 312 g/mol. The number of nitrogen functional groups attached to an aromatic ring is 1. The maximum absolute atomic E-state index is 6.16. The number of nitrogens with zero attached hydrogens (tertiary/aromatic N) is 3. The minimum Gasteiger partial charge on any atom is -0.382 e. The highest BCUT2D eigenvalue weighted by atomic mass is 16.5. The first-order valence-corrected chi connectivity index (χ1v) is 8.37. The van der Waals surface area contributed by atoms with E-state index in [1.165, 1.54) is 12.8 Å². The van der Waals surface area contributed by atoms with Gasteiger partial charge in [-0.1, -0.05) is 38.0 Å². The zero-order valence-electron chi connectivity index (χ0n) is 13.9. The summed E-state index contributed by atoms with van der Waals surface area (Å²) in [4.78, 5) is 9.23. The normalized spacial score (nSPS) is 11.6. The molecule has 0 bridgehead atoms. The predicted molar refractivity (Wildman–Crippen MR) is 94.3 cm³/mol. The number of para-hydroxylation sites is 1. The van der Waals surface area contributed by atoms with E-state index < -0.39 is 0 Å². The fourth-order valence-electron chi connectivity index (χ4n) is 2.97. The number of fused-ring (bicyclic) bond motifs is 3. The number of aromatic nitrogens is 3. The molecule has 0 aliphatic carbocycles. The molecule has 122 valence electrons. The van der Waals surface area contributed by atoms with Crippen LogP contribution in [-0.4, -0.2) is 21.1 Å². The van der Waals surface area contributed by atoms with Gasteiger partial charge in [0, 0.05) is 18.5 Å². The first kappa shape index (κ1) is 15.7. The van der Waals surface area contributed by atoms with E-state index in [1.54, 1.807) is 0 Å². The Balaban J connectivity index is 2.19. The Morgan fingerprint density at radius 3 is 2.74 bits per heavy atom. The third-order valence-electron chi connectivity index (χ3n) is 4.11. The number of hydrogen-bond donors (Lipinski definition) is 1. The molecule has 2 N–H and O–H groups in total. The minimum absolute atomic E-state index is 0.491. The number of pyridine rings is 1. The second kappa shape index (κ2) is 6.96. The van der Waals surface area contributed by atoms with Crippen molar-refractivity contribution < 1.29 is 4.74 Å². The zero-order chi connectivity index (χ0) is 16.2. The van der Waals surface area contributed by atoms with Gasteiger partial charge in [-0.25, -0.2) is 9.97 Å². The first-order chi connectivity index (χ1) is 11.3. The molecule has 2 aromatic heterocycles. The number of imidazole rings is 1. The zero-order valence-corrected chi connectivity index (χ0v) is 13.9. The lowest BCUT2D eigenvalue weighted by atomic mass is 10.2. The van der Waals surface area contributed by atoms with Gasteiger partial charge in [0.15, 0.2) is 5.82 Å². The Hall–Kier alpha value is -2.14. The Bertz CT molecular complexity index is 809. The fourth-order valence-corrected chi connectivity index (χ4v) is 2.97. The van der Waals surface area contributed by atoms with E-state index in [0.29, 0.717) is 19.0 Å². The van der Waals surface area contributed by atoms with Crippen molar-refractivity contribution in [1.29, 1.82) is 0 Å². The summed E-state index contributed by atoms with van der Waals surface area (Å²) >= 11 is 0. The van der Waals surface area contributed by atoms with Gasteiger partial charge in [-0.3, -0.25) is 0 Å². The van der Waals surface area contributed by atoms with E-state index in [2.05, 4.69) is 22.5 Å². The largest absolute Gasteiger partial charge is 0.382 e. The van der Waals surface area contributed by atoms with Crippen LogP contribution in [0.25, 0.3) is 21.9 Å². The number of anilines is 1. The van der Waals surface area contributed by atoms with Crippen LogP contribution in [0.5, 0.6) is 0 Å². The number of nitrogens with two attached hydrogens (primary N) is 1. The summed E-state index contributed by atoms with van der Waals surface area (Å²) in [5, 5.41) is 1.10. The molecule has 5 heteroatoms. The number of ether oxygens (including phenoxy) is 1. The van der Waals surface area contributed by atoms with Gasteiger partial charge in [0.2, 0.25) is 0 Å². The molecule has 3 rings (SSSR count). The van der Waals surface area contributed by atoms with Crippen molar-refractivity contribution in [2.45, 2.75) is 46.3 Å². The molecule has 3 aromatic rings. The van der Waals surface area contributed by atoms with Gasteiger partial charge in [-0.15, -0.1) is 0 Å². The molecule has 0 aliphatic rings. The van der Waals surface area contributed by atoms with Crippen LogP contribution in [0.1, 0.15) is 38.9 Å². The summed E-state index contributed by atoms with van der Waals surface area (Å²) in [5.74, 6) is 1.42. The number of aryl methyl sites for hydroxylation is 1. The second-order valence-electron chi connectivity index (χ2n) is 5.74. The molecule has 0 unspecified atom stereocenters. The molecule has 0 radical (unpaired) electrons. The third kappa shape index (κ3) is 3.01. The van der Waals surface area contributed by atoms with Gasteiger partial charge in [0.25, 0.3) is 0 Å². The number of benzene rings is 1. The Kier molecular flexibility index (Phi) is 4.76. The molecular formula is C18H24N4O. The molecule has 0 spiro atoms. The van der Waals surface area contributed by atoms with Crippen LogP contribution in [0.3, 0.4) is 0 Å². The summed E-state index contributed by atoms with van der Waals surface area (Å²) in [6.45, 7) is 6.32. The predicted octanol–water partition coefficient (Wildman–Crippen LogP) is 3.89. The average molecular weight is 312 g/mol. The van der Waals surface area contributed by atoms with Crippen molar-refractivity contribution in [3.8, 4) is 0 Å². The van der Waals surface area contributed by atoms with Crippen molar-refractivity contribution in [2.24, 2.45) is 0 Å². The number of rotatable bonds is 7. The van der Waals surface area contributed by atoms with E-state index in [9.17, 15) is 0 Å². The highest BCUT2D eigenvalue weighted by Gasteiger charge is 2.16.